The van der Waals surface area contributed by atoms with Gasteiger partial charge in [0.1, 0.15) is 11.6 Å². The maximum absolute atomic E-state index is 13.8. The minimum Gasteiger partial charge on any atom is -0.494 e. The van der Waals surface area contributed by atoms with E-state index in [9.17, 15) is 9.59 Å². The van der Waals surface area contributed by atoms with Gasteiger partial charge in [-0.05, 0) is 81.6 Å². The molecule has 4 aromatic rings. The summed E-state index contributed by atoms with van der Waals surface area (Å²) in [5.41, 5.74) is 2.85. The Bertz CT molecular complexity index is 1420. The molecule has 0 saturated carbocycles. The molecule has 192 valence electrons. The van der Waals surface area contributed by atoms with Crippen LogP contribution in [0, 0.1) is 12.8 Å². The molecule has 0 aliphatic carbocycles. The lowest BCUT2D eigenvalue weighted by Gasteiger charge is -2.31. The lowest BCUT2D eigenvalue weighted by molar-refractivity contribution is 0.0671. The molecule has 4 rings (SSSR count). The predicted octanol–water partition coefficient (Wildman–Crippen LogP) is 6.34. The minimum absolute atomic E-state index is 0.0752. The van der Waals surface area contributed by atoms with Crippen molar-refractivity contribution in [3.63, 3.8) is 0 Å². The summed E-state index contributed by atoms with van der Waals surface area (Å²) in [6, 6.07) is 21.9. The van der Waals surface area contributed by atoms with Gasteiger partial charge in [0, 0.05) is 12.1 Å². The fourth-order valence-electron chi connectivity index (χ4n) is 4.41. The Morgan fingerprint density at radius 3 is 2.30 bits per heavy atom. The van der Waals surface area contributed by atoms with Crippen LogP contribution in [-0.4, -0.2) is 33.5 Å². The first-order valence-corrected chi connectivity index (χ1v) is 12.9. The first kappa shape index (κ1) is 26.1. The van der Waals surface area contributed by atoms with E-state index in [1.165, 1.54) is 0 Å². The van der Waals surface area contributed by atoms with Crippen molar-refractivity contribution in [3.8, 4) is 11.4 Å². The highest BCUT2D eigenvalue weighted by molar-refractivity contribution is 5.94. The Labute approximate surface area is 218 Å². The maximum Gasteiger partial charge on any atom is 0.266 e. The van der Waals surface area contributed by atoms with E-state index in [0.29, 0.717) is 47.0 Å². The summed E-state index contributed by atoms with van der Waals surface area (Å²) >= 11 is 0. The number of fused-ring (bicyclic) bond motifs is 1. The van der Waals surface area contributed by atoms with Crippen LogP contribution in [0.5, 0.6) is 5.75 Å². The first-order valence-electron chi connectivity index (χ1n) is 12.9. The van der Waals surface area contributed by atoms with Gasteiger partial charge < -0.3 is 9.64 Å². The summed E-state index contributed by atoms with van der Waals surface area (Å²) in [7, 11) is 0. The molecule has 0 radical (unpaired) electrons. The van der Waals surface area contributed by atoms with Gasteiger partial charge in [0.2, 0.25) is 0 Å². The standard InChI is InChI=1S/C31H35N3O3/c1-6-37-26-17-15-25(16-18-26)34-29(32-28-10-8-7-9-27(28)31(34)36)23(5)33(20-19-21(2)3)30(35)24-13-11-22(4)12-14-24/h7-18,21,23H,6,19-20H2,1-5H3. The van der Waals surface area contributed by atoms with Crippen LogP contribution in [0.3, 0.4) is 0 Å². The highest BCUT2D eigenvalue weighted by Gasteiger charge is 2.27. The zero-order valence-electron chi connectivity index (χ0n) is 22.3. The fourth-order valence-corrected chi connectivity index (χ4v) is 4.41. The second-order valence-electron chi connectivity index (χ2n) is 9.78. The number of ether oxygens (including phenoxy) is 1. The van der Waals surface area contributed by atoms with E-state index in [0.717, 1.165) is 17.7 Å². The van der Waals surface area contributed by atoms with Crippen molar-refractivity contribution >= 4 is 16.8 Å². The molecule has 37 heavy (non-hydrogen) atoms. The lowest BCUT2D eigenvalue weighted by Crippen LogP contribution is -2.38. The Hall–Kier alpha value is -3.93. The summed E-state index contributed by atoms with van der Waals surface area (Å²) in [6.07, 6.45) is 0.836. The van der Waals surface area contributed by atoms with Crippen molar-refractivity contribution in [3.05, 3.63) is 100 Å². The van der Waals surface area contributed by atoms with Crippen molar-refractivity contribution in [2.75, 3.05) is 13.2 Å². The third-order valence-corrected chi connectivity index (χ3v) is 6.56. The number of benzene rings is 3. The number of aryl methyl sites for hydroxylation is 1. The van der Waals surface area contributed by atoms with E-state index in [4.69, 9.17) is 9.72 Å². The molecule has 0 fully saturated rings. The first-order chi connectivity index (χ1) is 17.8. The monoisotopic (exact) mass is 497 g/mol. The van der Waals surface area contributed by atoms with E-state index in [2.05, 4.69) is 13.8 Å². The number of amides is 1. The molecular weight excluding hydrogens is 462 g/mol. The Morgan fingerprint density at radius 2 is 1.65 bits per heavy atom. The summed E-state index contributed by atoms with van der Waals surface area (Å²) < 4.78 is 7.23. The van der Waals surface area contributed by atoms with Crippen molar-refractivity contribution in [2.24, 2.45) is 5.92 Å². The number of hydrogen-bond acceptors (Lipinski definition) is 4. The molecule has 0 bridgehead atoms. The van der Waals surface area contributed by atoms with Crippen LogP contribution in [0.4, 0.5) is 0 Å². The minimum atomic E-state index is -0.448. The molecule has 0 saturated heterocycles. The highest BCUT2D eigenvalue weighted by Crippen LogP contribution is 2.26. The van der Waals surface area contributed by atoms with E-state index in [1.54, 1.807) is 10.6 Å². The molecule has 0 aliphatic heterocycles. The van der Waals surface area contributed by atoms with E-state index >= 15 is 0 Å². The Kier molecular flexibility index (Phi) is 8.07. The number of aromatic nitrogens is 2. The highest BCUT2D eigenvalue weighted by atomic mass is 16.5. The second-order valence-corrected chi connectivity index (χ2v) is 9.78. The average Bonchev–Trinajstić information content (AvgIpc) is 2.89. The van der Waals surface area contributed by atoms with E-state index < -0.39 is 6.04 Å². The predicted molar refractivity (Wildman–Crippen MR) is 149 cm³/mol. The fraction of sp³-hybridized carbons (Fsp3) is 0.323. The normalized spacial score (nSPS) is 12.1. The smallest absolute Gasteiger partial charge is 0.266 e. The SMILES string of the molecule is CCOc1ccc(-n2c(C(C)N(CCC(C)C)C(=O)c3ccc(C)cc3)nc3ccccc3c2=O)cc1. The molecule has 6 heteroatoms. The zero-order chi connectivity index (χ0) is 26.5. The van der Waals surface area contributed by atoms with Crippen molar-refractivity contribution in [1.82, 2.24) is 14.5 Å². The molecule has 1 aromatic heterocycles. The van der Waals surface area contributed by atoms with Gasteiger partial charge in [0.05, 0.1) is 29.2 Å². The molecule has 6 nitrogen and oxygen atoms in total. The summed E-state index contributed by atoms with van der Waals surface area (Å²) in [6.45, 7) is 11.3. The number of rotatable bonds is 9. The van der Waals surface area contributed by atoms with Gasteiger partial charge in [-0.25, -0.2) is 4.98 Å². The topological polar surface area (TPSA) is 64.4 Å². The molecule has 1 amide bonds. The largest absolute Gasteiger partial charge is 0.494 e. The lowest BCUT2D eigenvalue weighted by atomic mass is 10.1. The van der Waals surface area contributed by atoms with Crippen LogP contribution in [0.15, 0.2) is 77.6 Å². The third kappa shape index (κ3) is 5.74. The van der Waals surface area contributed by atoms with Crippen LogP contribution in [-0.2, 0) is 0 Å². The van der Waals surface area contributed by atoms with E-state index in [1.807, 2.05) is 92.4 Å². The van der Waals surface area contributed by atoms with Gasteiger partial charge in [0.25, 0.3) is 11.5 Å². The van der Waals surface area contributed by atoms with Crippen LogP contribution >= 0.6 is 0 Å². The third-order valence-electron chi connectivity index (χ3n) is 6.56. The van der Waals surface area contributed by atoms with Crippen LogP contribution < -0.4 is 10.3 Å². The van der Waals surface area contributed by atoms with Crippen LogP contribution in [0.1, 0.15) is 61.9 Å². The zero-order valence-corrected chi connectivity index (χ0v) is 22.3. The summed E-state index contributed by atoms with van der Waals surface area (Å²) in [5, 5.41) is 0.533. The Morgan fingerprint density at radius 1 is 0.973 bits per heavy atom. The van der Waals surface area contributed by atoms with Gasteiger partial charge in [-0.15, -0.1) is 0 Å². The average molecular weight is 498 g/mol. The van der Waals surface area contributed by atoms with Crippen LogP contribution in [0.25, 0.3) is 16.6 Å². The van der Waals surface area contributed by atoms with Gasteiger partial charge in [0.15, 0.2) is 0 Å². The molecule has 3 aromatic carbocycles. The van der Waals surface area contributed by atoms with Crippen molar-refractivity contribution in [1.29, 1.82) is 0 Å². The molecule has 0 aliphatic rings. The molecule has 0 spiro atoms. The molecular formula is C31H35N3O3. The summed E-state index contributed by atoms with van der Waals surface area (Å²) in [4.78, 5) is 34.4. The Balaban J connectivity index is 1.87. The van der Waals surface area contributed by atoms with E-state index in [-0.39, 0.29) is 11.5 Å². The number of para-hydroxylation sites is 1. The number of nitrogens with zero attached hydrogens (tertiary/aromatic N) is 3. The maximum atomic E-state index is 13.8. The molecule has 1 unspecified atom stereocenters. The van der Waals surface area contributed by atoms with Gasteiger partial charge in [-0.2, -0.15) is 0 Å². The molecule has 1 atom stereocenters. The molecule has 1 heterocycles. The number of carbonyl (C=O) groups excluding carboxylic acids is 1. The van der Waals surface area contributed by atoms with Gasteiger partial charge >= 0.3 is 0 Å². The quantitative estimate of drug-likeness (QED) is 0.271. The van der Waals surface area contributed by atoms with Gasteiger partial charge in [-0.3, -0.25) is 14.2 Å². The van der Waals surface area contributed by atoms with Gasteiger partial charge in [-0.1, -0.05) is 43.7 Å². The van der Waals surface area contributed by atoms with Crippen molar-refractivity contribution < 1.29 is 9.53 Å². The van der Waals surface area contributed by atoms with Crippen LogP contribution in [0.2, 0.25) is 0 Å². The second kappa shape index (κ2) is 11.4. The summed E-state index contributed by atoms with van der Waals surface area (Å²) in [5.74, 6) is 1.60. The number of hydrogen-bond donors (Lipinski definition) is 0. The molecule has 0 N–H and O–H groups in total. The van der Waals surface area contributed by atoms with Crippen molar-refractivity contribution in [2.45, 2.75) is 47.1 Å². The number of carbonyl (C=O) groups is 1.